The quantitative estimate of drug-likeness (QED) is 0.662. The largest absolute Gasteiger partial charge is 0.351 e. The summed E-state index contributed by atoms with van der Waals surface area (Å²) in [6.07, 6.45) is 3.50. The number of amides is 1. The molecule has 0 fully saturated rings. The van der Waals surface area contributed by atoms with Crippen molar-refractivity contribution in [3.8, 4) is 17.1 Å². The van der Waals surface area contributed by atoms with E-state index in [9.17, 15) is 4.79 Å². The summed E-state index contributed by atoms with van der Waals surface area (Å²) in [6, 6.07) is 10.1. The Bertz CT molecular complexity index is 976. The lowest BCUT2D eigenvalue weighted by atomic mass is 10.1. The van der Waals surface area contributed by atoms with E-state index in [1.54, 1.807) is 12.4 Å². The average molecular weight is 396 g/mol. The Morgan fingerprint density at radius 1 is 1.14 bits per heavy atom. The van der Waals surface area contributed by atoms with Gasteiger partial charge in [0.1, 0.15) is 0 Å². The van der Waals surface area contributed by atoms with Gasteiger partial charge in [0.05, 0.1) is 11.4 Å². The van der Waals surface area contributed by atoms with Gasteiger partial charge < -0.3 is 5.32 Å². The Balaban J connectivity index is 1.97. The molecule has 0 aliphatic rings. The molecule has 3 rings (SSSR count). The molecule has 0 saturated heterocycles. The summed E-state index contributed by atoms with van der Waals surface area (Å²) in [6.45, 7) is 10.1. The second kappa shape index (κ2) is 8.14. The van der Waals surface area contributed by atoms with Crippen molar-refractivity contribution in [2.24, 2.45) is 0 Å². The fourth-order valence-corrected chi connectivity index (χ4v) is 3.48. The highest BCUT2D eigenvalue weighted by molar-refractivity contribution is 7.99. The number of nitrogens with zero attached hydrogens (tertiary/aromatic N) is 4. The molecule has 0 saturated carbocycles. The fraction of sp³-hybridized carbons (Fsp3) is 0.333. The van der Waals surface area contributed by atoms with E-state index < -0.39 is 0 Å². The van der Waals surface area contributed by atoms with Gasteiger partial charge in [-0.2, -0.15) is 0 Å². The third-order valence-corrected chi connectivity index (χ3v) is 5.08. The zero-order valence-corrected chi connectivity index (χ0v) is 17.7. The summed E-state index contributed by atoms with van der Waals surface area (Å²) in [7, 11) is 0. The van der Waals surface area contributed by atoms with E-state index in [2.05, 4.69) is 46.5 Å². The van der Waals surface area contributed by atoms with Crippen molar-refractivity contribution in [3.05, 3.63) is 53.9 Å². The van der Waals surface area contributed by atoms with Crippen LogP contribution in [0.15, 0.2) is 47.9 Å². The number of hydrogen-bond acceptors (Lipinski definition) is 5. The van der Waals surface area contributed by atoms with Crippen LogP contribution in [0.4, 0.5) is 0 Å². The van der Waals surface area contributed by atoms with E-state index in [4.69, 9.17) is 0 Å². The Morgan fingerprint density at radius 2 is 1.93 bits per heavy atom. The van der Waals surface area contributed by atoms with Crippen molar-refractivity contribution in [1.29, 1.82) is 0 Å². The van der Waals surface area contributed by atoms with Crippen LogP contribution in [0, 0.1) is 13.8 Å². The van der Waals surface area contributed by atoms with Crippen LogP contribution < -0.4 is 5.32 Å². The van der Waals surface area contributed by atoms with Gasteiger partial charge in [-0.1, -0.05) is 17.8 Å². The molecular formula is C21H25N5OS. The molecule has 0 bridgehead atoms. The molecule has 2 heterocycles. The van der Waals surface area contributed by atoms with E-state index in [0.717, 1.165) is 11.3 Å². The molecule has 0 spiro atoms. The van der Waals surface area contributed by atoms with Gasteiger partial charge in [-0.25, -0.2) is 0 Å². The molecule has 1 N–H and O–H groups in total. The maximum Gasteiger partial charge on any atom is 0.230 e. The third kappa shape index (κ3) is 4.78. The molecule has 1 aromatic carbocycles. The smallest absolute Gasteiger partial charge is 0.230 e. The van der Waals surface area contributed by atoms with E-state index in [1.807, 2.05) is 43.5 Å². The Morgan fingerprint density at radius 3 is 2.57 bits per heavy atom. The Hall–Kier alpha value is -2.67. The van der Waals surface area contributed by atoms with Crippen LogP contribution in [0.5, 0.6) is 0 Å². The van der Waals surface area contributed by atoms with Crippen molar-refractivity contribution in [2.75, 3.05) is 5.75 Å². The van der Waals surface area contributed by atoms with E-state index in [-0.39, 0.29) is 17.2 Å². The van der Waals surface area contributed by atoms with Crippen molar-refractivity contribution in [2.45, 2.75) is 45.3 Å². The zero-order chi connectivity index (χ0) is 20.3. The highest BCUT2D eigenvalue weighted by Crippen LogP contribution is 2.28. The number of aryl methyl sites for hydroxylation is 2. The third-order valence-electron chi connectivity index (χ3n) is 4.15. The van der Waals surface area contributed by atoms with Gasteiger partial charge in [-0.05, 0) is 70.0 Å². The molecule has 2 aromatic heterocycles. The number of pyridine rings is 1. The van der Waals surface area contributed by atoms with Gasteiger partial charge in [-0.3, -0.25) is 14.3 Å². The Labute approximate surface area is 169 Å². The molecule has 1 amide bonds. The lowest BCUT2D eigenvalue weighted by Gasteiger charge is -2.20. The van der Waals surface area contributed by atoms with Crippen LogP contribution in [-0.4, -0.2) is 36.9 Å². The maximum absolute atomic E-state index is 12.3. The van der Waals surface area contributed by atoms with Crippen molar-refractivity contribution < 1.29 is 4.79 Å². The summed E-state index contributed by atoms with van der Waals surface area (Å²) in [5.41, 5.74) is 3.98. The lowest BCUT2D eigenvalue weighted by molar-refractivity contribution is -0.119. The number of aromatic nitrogens is 4. The molecule has 7 heteroatoms. The summed E-state index contributed by atoms with van der Waals surface area (Å²) < 4.78 is 1.98. The van der Waals surface area contributed by atoms with Gasteiger partial charge in [0.15, 0.2) is 11.0 Å². The predicted molar refractivity (Wildman–Crippen MR) is 113 cm³/mol. The number of thioether (sulfide) groups is 1. The monoisotopic (exact) mass is 395 g/mol. The normalized spacial score (nSPS) is 11.5. The molecule has 146 valence electrons. The second-order valence-corrected chi connectivity index (χ2v) is 8.68. The number of nitrogens with one attached hydrogen (secondary N) is 1. The summed E-state index contributed by atoms with van der Waals surface area (Å²) >= 11 is 1.37. The van der Waals surface area contributed by atoms with Gasteiger partial charge in [0.25, 0.3) is 0 Å². The first-order chi connectivity index (χ1) is 13.2. The molecule has 28 heavy (non-hydrogen) atoms. The van der Waals surface area contributed by atoms with E-state index >= 15 is 0 Å². The molecule has 0 aliphatic heterocycles. The highest BCUT2D eigenvalue weighted by Gasteiger charge is 2.19. The molecule has 6 nitrogen and oxygen atoms in total. The Kier molecular flexibility index (Phi) is 5.84. The van der Waals surface area contributed by atoms with E-state index in [1.165, 1.54) is 22.9 Å². The second-order valence-electron chi connectivity index (χ2n) is 7.74. The number of rotatable bonds is 5. The molecule has 3 aromatic rings. The van der Waals surface area contributed by atoms with Crippen molar-refractivity contribution in [3.63, 3.8) is 0 Å². The summed E-state index contributed by atoms with van der Waals surface area (Å²) in [5.74, 6) is 0.943. The number of hydrogen-bond donors (Lipinski definition) is 1. The zero-order valence-electron chi connectivity index (χ0n) is 16.9. The fourth-order valence-electron chi connectivity index (χ4n) is 2.73. The van der Waals surface area contributed by atoms with Gasteiger partial charge in [0.2, 0.25) is 5.91 Å². The summed E-state index contributed by atoms with van der Waals surface area (Å²) in [5, 5.41) is 12.4. The SMILES string of the molecule is Cc1ccc(-n2c(SCC(=O)NC(C)(C)C)nnc2-c2cccnc2)cc1C. The maximum atomic E-state index is 12.3. The molecule has 0 atom stereocenters. The van der Waals surface area contributed by atoms with Crippen LogP contribution in [0.3, 0.4) is 0 Å². The summed E-state index contributed by atoms with van der Waals surface area (Å²) in [4.78, 5) is 16.5. The van der Waals surface area contributed by atoms with Crippen LogP contribution >= 0.6 is 11.8 Å². The van der Waals surface area contributed by atoms with Gasteiger partial charge in [0, 0.05) is 23.5 Å². The minimum Gasteiger partial charge on any atom is -0.351 e. The minimum absolute atomic E-state index is 0.0323. The number of benzene rings is 1. The topological polar surface area (TPSA) is 72.7 Å². The predicted octanol–water partition coefficient (Wildman–Crippen LogP) is 3.95. The minimum atomic E-state index is -0.264. The van der Waals surface area contributed by atoms with Crippen LogP contribution in [0.25, 0.3) is 17.1 Å². The average Bonchev–Trinajstić information content (AvgIpc) is 3.05. The van der Waals surface area contributed by atoms with Gasteiger partial charge in [-0.15, -0.1) is 10.2 Å². The number of carbonyl (C=O) groups excluding carboxylic acids is 1. The highest BCUT2D eigenvalue weighted by atomic mass is 32.2. The molecule has 0 radical (unpaired) electrons. The molecular weight excluding hydrogens is 370 g/mol. The van der Waals surface area contributed by atoms with Crippen LogP contribution in [-0.2, 0) is 4.79 Å². The standard InChI is InChI=1S/C21H25N5OS/c1-14-8-9-17(11-15(14)2)26-19(16-7-6-10-22-12-16)24-25-20(26)28-13-18(27)23-21(3,4)5/h6-12H,13H2,1-5H3,(H,23,27). The van der Waals surface area contributed by atoms with Crippen LogP contribution in [0.1, 0.15) is 31.9 Å². The van der Waals surface area contributed by atoms with Crippen molar-refractivity contribution >= 4 is 17.7 Å². The molecule has 0 unspecified atom stereocenters. The number of carbonyl (C=O) groups is 1. The van der Waals surface area contributed by atoms with Crippen LogP contribution in [0.2, 0.25) is 0 Å². The molecule has 0 aliphatic carbocycles. The van der Waals surface area contributed by atoms with Gasteiger partial charge >= 0.3 is 0 Å². The first-order valence-electron chi connectivity index (χ1n) is 9.12. The van der Waals surface area contributed by atoms with E-state index in [0.29, 0.717) is 11.0 Å². The first-order valence-corrected chi connectivity index (χ1v) is 10.1. The first kappa shape index (κ1) is 20.1. The van der Waals surface area contributed by atoms with Crippen molar-refractivity contribution in [1.82, 2.24) is 25.1 Å². The lowest BCUT2D eigenvalue weighted by Crippen LogP contribution is -2.41.